The zero-order chi connectivity index (χ0) is 11.5. The zero-order valence-corrected chi connectivity index (χ0v) is 10.1. The van der Waals surface area contributed by atoms with Crippen molar-refractivity contribution in [2.75, 3.05) is 0 Å². The Morgan fingerprint density at radius 3 is 2.81 bits per heavy atom. The molecule has 16 heavy (non-hydrogen) atoms. The summed E-state index contributed by atoms with van der Waals surface area (Å²) in [7, 11) is 0. The zero-order valence-electron chi connectivity index (χ0n) is 9.33. The summed E-state index contributed by atoms with van der Waals surface area (Å²) in [4.78, 5) is 5.92. The van der Waals surface area contributed by atoms with Crippen LogP contribution in [0.2, 0.25) is 0 Å². The lowest BCUT2D eigenvalue weighted by Crippen LogP contribution is -1.98. The van der Waals surface area contributed by atoms with E-state index < -0.39 is 0 Å². The molecule has 0 fully saturated rings. The molecule has 0 aliphatic heterocycles. The van der Waals surface area contributed by atoms with Gasteiger partial charge in [-0.1, -0.05) is 12.1 Å². The molecule has 84 valence electrons. The molecule has 4 heteroatoms. The number of ether oxygens (including phenoxy) is 1. The van der Waals surface area contributed by atoms with Crippen LogP contribution in [-0.2, 0) is 6.61 Å². The first kappa shape index (κ1) is 11.0. The standard InChI is InChI=1S/C12H14N2OS/c1-8-4-3-5-11(9(8)2)15-7-10-6-13-12(16)14-10/h3-6H,7H2,1-2H3,(H2,13,14,16). The van der Waals surface area contributed by atoms with Gasteiger partial charge in [-0.15, -0.1) is 0 Å². The van der Waals surface area contributed by atoms with Gasteiger partial charge in [0.05, 0.1) is 5.69 Å². The van der Waals surface area contributed by atoms with Crippen molar-refractivity contribution in [1.82, 2.24) is 9.97 Å². The smallest absolute Gasteiger partial charge is 0.174 e. The quantitative estimate of drug-likeness (QED) is 0.800. The lowest BCUT2D eigenvalue weighted by Gasteiger charge is -2.09. The summed E-state index contributed by atoms with van der Waals surface area (Å²) in [5.74, 6) is 0.917. The van der Waals surface area contributed by atoms with E-state index >= 15 is 0 Å². The van der Waals surface area contributed by atoms with Gasteiger partial charge in [-0.3, -0.25) is 0 Å². The van der Waals surface area contributed by atoms with Crippen molar-refractivity contribution in [3.63, 3.8) is 0 Å². The molecule has 0 atom stereocenters. The molecule has 2 rings (SSSR count). The van der Waals surface area contributed by atoms with Crippen LogP contribution in [0.4, 0.5) is 0 Å². The molecule has 0 amide bonds. The van der Waals surface area contributed by atoms with Crippen molar-refractivity contribution < 1.29 is 4.74 Å². The van der Waals surface area contributed by atoms with E-state index in [2.05, 4.69) is 29.9 Å². The minimum Gasteiger partial charge on any atom is -0.487 e. The van der Waals surface area contributed by atoms with Crippen molar-refractivity contribution in [3.05, 3.63) is 46.0 Å². The maximum Gasteiger partial charge on any atom is 0.174 e. The van der Waals surface area contributed by atoms with Crippen LogP contribution in [0.5, 0.6) is 5.75 Å². The normalized spacial score (nSPS) is 10.4. The molecule has 0 aliphatic carbocycles. The highest BCUT2D eigenvalue weighted by Crippen LogP contribution is 2.21. The Morgan fingerprint density at radius 2 is 2.12 bits per heavy atom. The summed E-state index contributed by atoms with van der Waals surface area (Å²) in [6.45, 7) is 4.63. The van der Waals surface area contributed by atoms with E-state index in [1.165, 1.54) is 11.1 Å². The number of H-pyrrole nitrogens is 2. The fourth-order valence-corrected chi connectivity index (χ4v) is 1.67. The molecule has 0 radical (unpaired) electrons. The SMILES string of the molecule is Cc1cccc(OCc2c[nH]c(=S)[nH]2)c1C. The van der Waals surface area contributed by atoms with Crippen LogP contribution >= 0.6 is 12.2 Å². The third kappa shape index (κ3) is 2.33. The predicted molar refractivity (Wildman–Crippen MR) is 66.2 cm³/mol. The number of aromatic amines is 2. The van der Waals surface area contributed by atoms with Gasteiger partial charge >= 0.3 is 0 Å². The van der Waals surface area contributed by atoms with Crippen molar-refractivity contribution in [1.29, 1.82) is 0 Å². The number of benzene rings is 1. The Kier molecular flexibility index (Phi) is 3.10. The second-order valence-corrected chi connectivity index (χ2v) is 4.16. The summed E-state index contributed by atoms with van der Waals surface area (Å²) >= 11 is 4.94. The molecule has 0 spiro atoms. The Bertz CT molecular complexity index is 542. The highest BCUT2D eigenvalue weighted by Gasteiger charge is 2.02. The molecular weight excluding hydrogens is 220 g/mol. The maximum absolute atomic E-state index is 5.72. The van der Waals surface area contributed by atoms with E-state index in [9.17, 15) is 0 Å². The van der Waals surface area contributed by atoms with E-state index in [-0.39, 0.29) is 0 Å². The van der Waals surface area contributed by atoms with Crippen LogP contribution in [0.25, 0.3) is 0 Å². The van der Waals surface area contributed by atoms with Crippen LogP contribution < -0.4 is 4.74 Å². The Morgan fingerprint density at radius 1 is 1.31 bits per heavy atom. The number of imidazole rings is 1. The van der Waals surface area contributed by atoms with Crippen molar-refractivity contribution in [2.24, 2.45) is 0 Å². The lowest BCUT2D eigenvalue weighted by atomic mass is 10.1. The number of nitrogens with one attached hydrogen (secondary N) is 2. The maximum atomic E-state index is 5.72. The number of aryl methyl sites for hydroxylation is 1. The van der Waals surface area contributed by atoms with E-state index in [0.29, 0.717) is 11.4 Å². The number of aromatic nitrogens is 2. The fourth-order valence-electron chi connectivity index (χ4n) is 1.48. The third-order valence-electron chi connectivity index (χ3n) is 2.59. The van der Waals surface area contributed by atoms with Crippen molar-refractivity contribution >= 4 is 12.2 Å². The van der Waals surface area contributed by atoms with Crippen LogP contribution in [0.1, 0.15) is 16.8 Å². The van der Waals surface area contributed by atoms with Gasteiger partial charge in [-0.2, -0.15) is 0 Å². The summed E-state index contributed by atoms with van der Waals surface area (Å²) in [5.41, 5.74) is 3.36. The van der Waals surface area contributed by atoms with Gasteiger partial charge in [0.15, 0.2) is 4.77 Å². The highest BCUT2D eigenvalue weighted by atomic mass is 32.1. The van der Waals surface area contributed by atoms with Gasteiger partial charge in [0.25, 0.3) is 0 Å². The minimum absolute atomic E-state index is 0.497. The Hall–Kier alpha value is -1.55. The van der Waals surface area contributed by atoms with E-state index in [1.54, 1.807) is 0 Å². The Labute approximate surface area is 99.5 Å². The van der Waals surface area contributed by atoms with Gasteiger partial charge in [0, 0.05) is 6.20 Å². The average Bonchev–Trinajstić information content (AvgIpc) is 2.67. The van der Waals surface area contributed by atoms with Gasteiger partial charge in [-0.05, 0) is 43.3 Å². The average molecular weight is 234 g/mol. The van der Waals surface area contributed by atoms with E-state index in [0.717, 1.165) is 11.4 Å². The molecule has 1 aromatic carbocycles. The van der Waals surface area contributed by atoms with Crippen LogP contribution in [0, 0.1) is 18.6 Å². The number of rotatable bonds is 3. The van der Waals surface area contributed by atoms with Crippen molar-refractivity contribution in [3.8, 4) is 5.75 Å². The van der Waals surface area contributed by atoms with Gasteiger partial charge < -0.3 is 14.7 Å². The monoisotopic (exact) mass is 234 g/mol. The lowest BCUT2D eigenvalue weighted by molar-refractivity contribution is 0.299. The van der Waals surface area contributed by atoms with Gasteiger partial charge in [0.2, 0.25) is 0 Å². The molecule has 0 aliphatic rings. The summed E-state index contributed by atoms with van der Waals surface area (Å²) in [6, 6.07) is 6.05. The van der Waals surface area contributed by atoms with Crippen molar-refractivity contribution in [2.45, 2.75) is 20.5 Å². The fraction of sp³-hybridized carbons (Fsp3) is 0.250. The van der Waals surface area contributed by atoms with Crippen LogP contribution in [0.3, 0.4) is 0 Å². The van der Waals surface area contributed by atoms with Gasteiger partial charge in [-0.25, -0.2) is 0 Å². The molecule has 0 unspecified atom stereocenters. The molecule has 0 saturated heterocycles. The molecule has 2 N–H and O–H groups in total. The molecule has 3 nitrogen and oxygen atoms in total. The molecule has 2 aromatic rings. The second kappa shape index (κ2) is 4.53. The first-order valence-corrected chi connectivity index (χ1v) is 5.53. The summed E-state index contributed by atoms with van der Waals surface area (Å²) in [5, 5.41) is 0. The van der Waals surface area contributed by atoms with E-state index in [4.69, 9.17) is 17.0 Å². The Balaban J connectivity index is 2.10. The highest BCUT2D eigenvalue weighted by molar-refractivity contribution is 7.71. The molecule has 0 bridgehead atoms. The second-order valence-electron chi connectivity index (χ2n) is 3.75. The molecule has 1 aromatic heterocycles. The first-order valence-electron chi connectivity index (χ1n) is 5.12. The summed E-state index contributed by atoms with van der Waals surface area (Å²) < 4.78 is 6.34. The van der Waals surface area contributed by atoms with Gasteiger partial charge in [0.1, 0.15) is 12.4 Å². The van der Waals surface area contributed by atoms with E-state index in [1.807, 2.05) is 18.3 Å². The third-order valence-corrected chi connectivity index (χ3v) is 2.81. The minimum atomic E-state index is 0.497. The predicted octanol–water partition coefficient (Wildman–Crippen LogP) is 3.27. The molecule has 1 heterocycles. The number of hydrogen-bond acceptors (Lipinski definition) is 2. The largest absolute Gasteiger partial charge is 0.487 e. The van der Waals surface area contributed by atoms with Crippen LogP contribution in [-0.4, -0.2) is 9.97 Å². The van der Waals surface area contributed by atoms with Crippen LogP contribution in [0.15, 0.2) is 24.4 Å². The molecular formula is C12H14N2OS. The topological polar surface area (TPSA) is 40.8 Å². The molecule has 0 saturated carbocycles. The summed E-state index contributed by atoms with van der Waals surface area (Å²) in [6.07, 6.45) is 1.83. The first-order chi connectivity index (χ1) is 7.66. The number of hydrogen-bond donors (Lipinski definition) is 2.